The Morgan fingerprint density at radius 3 is 2.50 bits per heavy atom. The maximum atomic E-state index is 16.8. The lowest BCUT2D eigenvalue weighted by Gasteiger charge is -2.34. The van der Waals surface area contributed by atoms with Crippen molar-refractivity contribution in [2.24, 2.45) is 0 Å². The van der Waals surface area contributed by atoms with Gasteiger partial charge in [-0.1, -0.05) is 12.0 Å². The molecule has 0 aliphatic carbocycles. The van der Waals surface area contributed by atoms with E-state index in [1.165, 1.54) is 32.1 Å². The number of benzene rings is 2. The van der Waals surface area contributed by atoms with Gasteiger partial charge in [0, 0.05) is 55.6 Å². The van der Waals surface area contributed by atoms with Crippen molar-refractivity contribution >= 4 is 27.5 Å². The van der Waals surface area contributed by atoms with Crippen LogP contribution in [0.15, 0.2) is 29.1 Å². The lowest BCUT2D eigenvalue weighted by atomic mass is 9.95. The Morgan fingerprint density at radius 1 is 1.10 bits per heavy atom. The molecule has 4 aliphatic rings. The van der Waals surface area contributed by atoms with E-state index in [9.17, 15) is 27.5 Å². The average molecular weight is 697 g/mol. The number of alkyl halides is 3. The van der Waals surface area contributed by atoms with Crippen LogP contribution in [0.4, 0.5) is 27.8 Å². The van der Waals surface area contributed by atoms with E-state index < -0.39 is 47.0 Å². The Kier molecular flexibility index (Phi) is 8.84. The molecule has 0 saturated carbocycles. The predicted octanol–water partition coefficient (Wildman–Crippen LogP) is 5.37. The Labute approximate surface area is 285 Å². The van der Waals surface area contributed by atoms with Crippen LogP contribution in [0.5, 0.6) is 11.8 Å². The molecule has 4 atom stereocenters. The predicted molar refractivity (Wildman–Crippen MR) is 180 cm³/mol. The van der Waals surface area contributed by atoms with Crippen molar-refractivity contribution in [3.05, 3.63) is 51.8 Å². The number of rotatable bonds is 5. The molecule has 2 aromatic heterocycles. The minimum Gasteiger partial charge on any atom is -0.508 e. The number of terminal acetylenes is 1. The molecule has 4 aromatic rings. The first-order chi connectivity index (χ1) is 23.8. The third-order valence-electron chi connectivity index (χ3n) is 10.1. The molecule has 14 heteroatoms. The van der Waals surface area contributed by atoms with E-state index in [0.717, 1.165) is 37.9 Å². The number of nitrogens with zero attached hydrogens (tertiary/aromatic N) is 5. The van der Waals surface area contributed by atoms with Crippen LogP contribution in [-0.4, -0.2) is 88.1 Å². The van der Waals surface area contributed by atoms with Gasteiger partial charge < -0.3 is 20.1 Å². The van der Waals surface area contributed by atoms with Gasteiger partial charge in [0.25, 0.3) is 11.5 Å². The molecule has 9 nitrogen and oxygen atoms in total. The average Bonchev–Trinajstić information content (AvgIpc) is 3.76. The second kappa shape index (κ2) is 13.0. The number of aromatic nitrogens is 3. The summed E-state index contributed by atoms with van der Waals surface area (Å²) in [7, 11) is 1.29. The highest BCUT2D eigenvalue weighted by molar-refractivity contribution is 6.03. The van der Waals surface area contributed by atoms with Crippen LogP contribution in [0.2, 0.25) is 0 Å². The summed E-state index contributed by atoms with van der Waals surface area (Å²) in [5, 5.41) is 13.9. The van der Waals surface area contributed by atoms with Gasteiger partial charge >= 0.3 is 6.01 Å². The Bertz CT molecular complexity index is 2050. The lowest BCUT2D eigenvalue weighted by Crippen LogP contribution is -2.51. The minimum atomic E-state index is -3.47. The summed E-state index contributed by atoms with van der Waals surface area (Å²) in [5.41, 5.74) is -2.58. The summed E-state index contributed by atoms with van der Waals surface area (Å²) in [4.78, 5) is 26.7. The quantitative estimate of drug-likeness (QED) is 0.213. The van der Waals surface area contributed by atoms with E-state index >= 15 is 4.39 Å². The number of piperazine rings is 1. The fraction of sp³-hybridized carbons (Fsp3) is 0.472. The molecule has 0 spiro atoms. The van der Waals surface area contributed by atoms with Crippen LogP contribution in [0.25, 0.3) is 32.9 Å². The summed E-state index contributed by atoms with van der Waals surface area (Å²) >= 11 is 0. The van der Waals surface area contributed by atoms with Gasteiger partial charge in [0.2, 0.25) is 0 Å². The van der Waals surface area contributed by atoms with Crippen LogP contribution in [0.3, 0.4) is 0 Å². The highest BCUT2D eigenvalue weighted by Gasteiger charge is 2.37. The number of phenolic OH excluding ortho intramolecular Hbond substituents is 1. The number of hydrogen-bond donors (Lipinski definition) is 2. The van der Waals surface area contributed by atoms with Crippen molar-refractivity contribution in [3.63, 3.8) is 0 Å². The van der Waals surface area contributed by atoms with E-state index in [4.69, 9.17) is 11.2 Å². The van der Waals surface area contributed by atoms with Gasteiger partial charge in [0.15, 0.2) is 5.82 Å². The molecule has 4 aliphatic heterocycles. The molecule has 2 bridgehead atoms. The Balaban J connectivity index is 0.000000375. The van der Waals surface area contributed by atoms with Crippen molar-refractivity contribution < 1.29 is 31.8 Å². The second-order valence-corrected chi connectivity index (χ2v) is 13.7. The fourth-order valence-electron chi connectivity index (χ4n) is 8.01. The number of phenols is 1. The van der Waals surface area contributed by atoms with E-state index in [2.05, 4.69) is 26.1 Å². The summed E-state index contributed by atoms with van der Waals surface area (Å²) in [6.45, 7) is 2.15. The zero-order valence-corrected chi connectivity index (χ0v) is 27.7. The molecular formula is C36H37F5N6O3. The third-order valence-corrected chi connectivity index (χ3v) is 10.1. The molecule has 4 saturated heterocycles. The first kappa shape index (κ1) is 34.0. The number of pyridine rings is 1. The van der Waals surface area contributed by atoms with Gasteiger partial charge in [-0.15, -0.1) is 6.42 Å². The van der Waals surface area contributed by atoms with Crippen molar-refractivity contribution in [2.75, 3.05) is 38.2 Å². The van der Waals surface area contributed by atoms with E-state index in [1.807, 2.05) is 4.90 Å². The molecule has 2 N–H and O–H groups in total. The van der Waals surface area contributed by atoms with Gasteiger partial charge in [0.05, 0.1) is 24.9 Å². The number of nitrogens with one attached hydrogen (secondary N) is 1. The van der Waals surface area contributed by atoms with E-state index in [1.54, 1.807) is 0 Å². The normalized spacial score (nSPS) is 23.2. The van der Waals surface area contributed by atoms with Crippen molar-refractivity contribution in [2.45, 2.75) is 75.8 Å². The summed E-state index contributed by atoms with van der Waals surface area (Å²) in [6.07, 6.45) is 10.2. The molecule has 4 fully saturated rings. The number of aromatic hydroxyl groups is 1. The lowest BCUT2D eigenvalue weighted by molar-refractivity contribution is 0.00339. The third kappa shape index (κ3) is 6.21. The first-order valence-corrected chi connectivity index (χ1v) is 16.7. The molecule has 8 rings (SSSR count). The summed E-state index contributed by atoms with van der Waals surface area (Å²) in [6, 6.07) is 5.35. The number of ether oxygens (including phenoxy) is 1. The molecule has 0 radical (unpaired) electrons. The number of hydrogen-bond acceptors (Lipinski definition) is 8. The zero-order chi connectivity index (χ0) is 35.5. The topological polar surface area (TPSA) is 95.8 Å². The molecular weight excluding hydrogens is 659 g/mol. The van der Waals surface area contributed by atoms with Crippen LogP contribution < -0.4 is 20.5 Å². The minimum absolute atomic E-state index is 0.0314. The van der Waals surface area contributed by atoms with Gasteiger partial charge in [-0.05, 0) is 62.2 Å². The SMILES string of the molecule is C#Cc1c(F)ccc2cc(O)cc(-c3c(F)c4nc(OC)nc(N5CC6CCC(C5)N6)c4c(=O)n3CC(C)(F)F)c12.FC1CC2CCCN2C1. The van der Waals surface area contributed by atoms with Gasteiger partial charge in [-0.2, -0.15) is 9.97 Å². The molecule has 50 heavy (non-hydrogen) atoms. The Hall–Kier alpha value is -4.48. The molecule has 6 heterocycles. The fourth-order valence-corrected chi connectivity index (χ4v) is 8.01. The zero-order valence-electron chi connectivity index (χ0n) is 27.7. The number of methoxy groups -OCH3 is 1. The van der Waals surface area contributed by atoms with E-state index in [-0.39, 0.29) is 56.9 Å². The van der Waals surface area contributed by atoms with Gasteiger partial charge in [-0.3, -0.25) is 14.3 Å². The molecule has 4 unspecified atom stereocenters. The molecule has 2 aromatic carbocycles. The Morgan fingerprint density at radius 2 is 1.84 bits per heavy atom. The highest BCUT2D eigenvalue weighted by Crippen LogP contribution is 2.40. The molecule has 0 amide bonds. The number of halogens is 5. The van der Waals surface area contributed by atoms with Crippen molar-refractivity contribution in [3.8, 4) is 35.4 Å². The smallest absolute Gasteiger partial charge is 0.318 e. The second-order valence-electron chi connectivity index (χ2n) is 13.7. The van der Waals surface area contributed by atoms with Crippen LogP contribution in [-0.2, 0) is 6.54 Å². The number of fused-ring (bicyclic) bond motifs is 5. The summed E-state index contributed by atoms with van der Waals surface area (Å²) < 4.78 is 79.3. The van der Waals surface area contributed by atoms with Crippen LogP contribution >= 0.6 is 0 Å². The highest BCUT2D eigenvalue weighted by atomic mass is 19.3. The van der Waals surface area contributed by atoms with E-state index in [0.29, 0.717) is 37.2 Å². The summed E-state index contributed by atoms with van der Waals surface area (Å²) in [5.74, 6) is -3.51. The van der Waals surface area contributed by atoms with Gasteiger partial charge in [0.1, 0.15) is 34.5 Å². The first-order valence-electron chi connectivity index (χ1n) is 16.7. The monoisotopic (exact) mass is 696 g/mol. The molecule has 264 valence electrons. The van der Waals surface area contributed by atoms with Crippen LogP contribution in [0, 0.1) is 24.0 Å². The maximum absolute atomic E-state index is 16.8. The van der Waals surface area contributed by atoms with Crippen molar-refractivity contribution in [1.82, 2.24) is 24.8 Å². The van der Waals surface area contributed by atoms with Crippen LogP contribution in [0.1, 0.15) is 44.6 Å². The maximum Gasteiger partial charge on any atom is 0.318 e. The largest absolute Gasteiger partial charge is 0.508 e. The number of anilines is 1. The standard InChI is InChI=1S/C29H25F4N5O3.C7H12FN/c1-4-18-20(30)8-5-14-9-17(39)10-19(21(14)18)25-23(31)24-22(27(40)38(25)13-29(2,32)33)26(36-28(35-24)41-3)37-11-15-6-7-16(12-37)34-15;8-6-4-7-2-1-3-9(7)5-6/h1,5,8-10,15-16,34,39H,6-7,11-13H2,2-3H3;6-7H,1-5H2. The van der Waals surface area contributed by atoms with Crippen molar-refractivity contribution in [1.29, 1.82) is 0 Å². The van der Waals surface area contributed by atoms with Gasteiger partial charge in [-0.25, -0.2) is 22.0 Å².